The van der Waals surface area contributed by atoms with Gasteiger partial charge in [0.1, 0.15) is 0 Å². The second-order valence-electron chi connectivity index (χ2n) is 3.60. The van der Waals surface area contributed by atoms with Crippen LogP contribution in [0, 0.1) is 0 Å². The third-order valence-electron chi connectivity index (χ3n) is 2.20. The molecule has 0 amide bonds. The molecular weight excluding hydrogens is 226 g/mol. The maximum absolute atomic E-state index is 11.2. The van der Waals surface area contributed by atoms with Crippen LogP contribution < -0.4 is 5.32 Å². The lowest BCUT2D eigenvalue weighted by atomic mass is 10.3. The first kappa shape index (κ1) is 13.0. The van der Waals surface area contributed by atoms with E-state index in [-0.39, 0.29) is 18.1 Å². The Balaban J connectivity index is 2.39. The summed E-state index contributed by atoms with van der Waals surface area (Å²) in [6, 6.07) is 9.36. The molecule has 0 aromatic heterocycles. The molecule has 0 radical (unpaired) electrons. The molecule has 0 aliphatic rings. The van der Waals surface area contributed by atoms with Crippen LogP contribution in [0.2, 0.25) is 0 Å². The van der Waals surface area contributed by atoms with Gasteiger partial charge in [-0.3, -0.25) is 0 Å². The maximum atomic E-state index is 11.2. The standard InChI is InChI=1S/C11H17NO3S/c1-2-16(14,15)9-11(13)8-12-10-6-4-3-5-7-10/h3-7,11-13H,2,8-9H2,1H3. The molecule has 0 fully saturated rings. The lowest BCUT2D eigenvalue weighted by Crippen LogP contribution is -2.28. The van der Waals surface area contributed by atoms with E-state index >= 15 is 0 Å². The minimum absolute atomic E-state index is 0.0649. The Morgan fingerprint density at radius 3 is 2.50 bits per heavy atom. The number of rotatable bonds is 6. The quantitative estimate of drug-likeness (QED) is 0.779. The third-order valence-corrected chi connectivity index (χ3v) is 3.97. The molecule has 0 aliphatic heterocycles. The summed E-state index contributed by atoms with van der Waals surface area (Å²) in [5.74, 6) is -0.126. The van der Waals surface area contributed by atoms with Crippen molar-refractivity contribution in [1.29, 1.82) is 0 Å². The average Bonchev–Trinajstić information content (AvgIpc) is 2.27. The molecule has 0 heterocycles. The van der Waals surface area contributed by atoms with Gasteiger partial charge in [0.05, 0.1) is 11.9 Å². The van der Waals surface area contributed by atoms with Crippen LogP contribution in [0.1, 0.15) is 6.92 Å². The van der Waals surface area contributed by atoms with E-state index in [1.165, 1.54) is 0 Å². The van der Waals surface area contributed by atoms with Crippen molar-refractivity contribution in [3.8, 4) is 0 Å². The van der Waals surface area contributed by atoms with E-state index in [4.69, 9.17) is 0 Å². The van der Waals surface area contributed by atoms with Gasteiger partial charge in [0, 0.05) is 18.0 Å². The zero-order chi connectivity index (χ0) is 12.0. The Kier molecular flexibility index (Phi) is 4.76. The molecule has 5 heteroatoms. The van der Waals surface area contributed by atoms with Gasteiger partial charge >= 0.3 is 0 Å². The van der Waals surface area contributed by atoms with E-state index < -0.39 is 15.9 Å². The van der Waals surface area contributed by atoms with Crippen LogP contribution in [-0.4, -0.2) is 37.7 Å². The van der Waals surface area contributed by atoms with Gasteiger partial charge in [0.15, 0.2) is 9.84 Å². The molecule has 0 bridgehead atoms. The Labute approximate surface area is 96.2 Å². The molecule has 1 atom stereocenters. The SMILES string of the molecule is CCS(=O)(=O)CC(O)CNc1ccccc1. The highest BCUT2D eigenvalue weighted by molar-refractivity contribution is 7.91. The Bertz CT molecular complexity index is 402. The van der Waals surface area contributed by atoms with Crippen molar-refractivity contribution < 1.29 is 13.5 Å². The Morgan fingerprint density at radius 2 is 1.94 bits per heavy atom. The van der Waals surface area contributed by atoms with E-state index in [1.54, 1.807) is 6.92 Å². The smallest absolute Gasteiger partial charge is 0.152 e. The average molecular weight is 243 g/mol. The highest BCUT2D eigenvalue weighted by atomic mass is 32.2. The summed E-state index contributed by atoms with van der Waals surface area (Å²) >= 11 is 0. The van der Waals surface area contributed by atoms with Gasteiger partial charge in [-0.1, -0.05) is 25.1 Å². The van der Waals surface area contributed by atoms with E-state index in [2.05, 4.69) is 5.32 Å². The number of aliphatic hydroxyl groups is 1. The summed E-state index contributed by atoms with van der Waals surface area (Å²) < 4.78 is 22.5. The second kappa shape index (κ2) is 5.86. The molecule has 0 spiro atoms. The van der Waals surface area contributed by atoms with Crippen molar-refractivity contribution in [2.24, 2.45) is 0 Å². The van der Waals surface area contributed by atoms with Crippen molar-refractivity contribution >= 4 is 15.5 Å². The van der Waals surface area contributed by atoms with Crippen molar-refractivity contribution in [2.75, 3.05) is 23.4 Å². The van der Waals surface area contributed by atoms with Crippen molar-refractivity contribution in [2.45, 2.75) is 13.0 Å². The lowest BCUT2D eigenvalue weighted by molar-refractivity contribution is 0.210. The minimum atomic E-state index is -3.11. The number of anilines is 1. The number of benzene rings is 1. The number of aliphatic hydroxyl groups excluding tert-OH is 1. The molecule has 16 heavy (non-hydrogen) atoms. The first-order chi connectivity index (χ1) is 7.53. The maximum Gasteiger partial charge on any atom is 0.152 e. The highest BCUT2D eigenvalue weighted by Gasteiger charge is 2.14. The van der Waals surface area contributed by atoms with Crippen molar-refractivity contribution in [1.82, 2.24) is 0 Å². The van der Waals surface area contributed by atoms with Crippen molar-refractivity contribution in [3.05, 3.63) is 30.3 Å². The van der Waals surface area contributed by atoms with Gasteiger partial charge in [-0.2, -0.15) is 0 Å². The fourth-order valence-corrected chi connectivity index (χ4v) is 2.20. The number of hydrogen-bond acceptors (Lipinski definition) is 4. The summed E-state index contributed by atoms with van der Waals surface area (Å²) in [4.78, 5) is 0. The first-order valence-electron chi connectivity index (χ1n) is 5.21. The molecule has 0 saturated carbocycles. The van der Waals surface area contributed by atoms with E-state index in [0.29, 0.717) is 0 Å². The molecule has 0 aliphatic carbocycles. The van der Waals surface area contributed by atoms with Gasteiger partial charge in [-0.05, 0) is 12.1 Å². The number of nitrogens with one attached hydrogen (secondary N) is 1. The Hall–Kier alpha value is -1.07. The van der Waals surface area contributed by atoms with Crippen LogP contribution in [0.25, 0.3) is 0 Å². The normalized spacial score (nSPS) is 13.4. The van der Waals surface area contributed by atoms with Crippen molar-refractivity contribution in [3.63, 3.8) is 0 Å². The van der Waals surface area contributed by atoms with Gasteiger partial charge < -0.3 is 10.4 Å². The summed E-state index contributed by atoms with van der Waals surface area (Å²) in [5, 5.41) is 12.5. The van der Waals surface area contributed by atoms with Gasteiger partial charge in [0.25, 0.3) is 0 Å². The summed E-state index contributed by atoms with van der Waals surface area (Å²) in [6.07, 6.45) is -0.870. The van der Waals surface area contributed by atoms with E-state index in [0.717, 1.165) is 5.69 Å². The van der Waals surface area contributed by atoms with Crippen LogP contribution in [-0.2, 0) is 9.84 Å². The topological polar surface area (TPSA) is 66.4 Å². The fourth-order valence-electron chi connectivity index (χ4n) is 1.26. The number of para-hydroxylation sites is 1. The largest absolute Gasteiger partial charge is 0.390 e. The van der Waals surface area contributed by atoms with Gasteiger partial charge in [-0.15, -0.1) is 0 Å². The van der Waals surface area contributed by atoms with E-state index in [9.17, 15) is 13.5 Å². The zero-order valence-electron chi connectivity index (χ0n) is 9.26. The van der Waals surface area contributed by atoms with Gasteiger partial charge in [-0.25, -0.2) is 8.42 Å². The van der Waals surface area contributed by atoms with Gasteiger partial charge in [0.2, 0.25) is 0 Å². The summed E-state index contributed by atoms with van der Waals surface area (Å²) in [7, 11) is -3.11. The minimum Gasteiger partial charge on any atom is -0.390 e. The molecule has 90 valence electrons. The van der Waals surface area contributed by atoms with Crippen LogP contribution >= 0.6 is 0 Å². The molecule has 1 aromatic carbocycles. The molecule has 1 rings (SSSR count). The molecule has 2 N–H and O–H groups in total. The highest BCUT2D eigenvalue weighted by Crippen LogP contribution is 2.05. The molecule has 0 saturated heterocycles. The first-order valence-corrected chi connectivity index (χ1v) is 7.03. The van der Waals surface area contributed by atoms with Crippen LogP contribution in [0.5, 0.6) is 0 Å². The Morgan fingerprint density at radius 1 is 1.31 bits per heavy atom. The van der Waals surface area contributed by atoms with Crippen LogP contribution in [0.3, 0.4) is 0 Å². The summed E-state index contributed by atoms with van der Waals surface area (Å²) in [5.41, 5.74) is 0.871. The molecule has 4 nitrogen and oxygen atoms in total. The van der Waals surface area contributed by atoms with Crippen LogP contribution in [0.4, 0.5) is 5.69 Å². The molecule has 1 unspecified atom stereocenters. The van der Waals surface area contributed by atoms with E-state index in [1.807, 2.05) is 30.3 Å². The number of sulfone groups is 1. The summed E-state index contributed by atoms with van der Waals surface area (Å²) in [6.45, 7) is 1.82. The predicted molar refractivity (Wildman–Crippen MR) is 65.3 cm³/mol. The fraction of sp³-hybridized carbons (Fsp3) is 0.455. The zero-order valence-corrected chi connectivity index (χ0v) is 10.1. The van der Waals surface area contributed by atoms with Crippen LogP contribution in [0.15, 0.2) is 30.3 Å². The predicted octanol–water partition coefficient (Wildman–Crippen LogP) is 0.894. The third kappa shape index (κ3) is 4.63. The lowest BCUT2D eigenvalue weighted by Gasteiger charge is -2.12. The monoisotopic (exact) mass is 243 g/mol. The molecular formula is C11H17NO3S. The molecule has 1 aromatic rings. The number of hydrogen-bond donors (Lipinski definition) is 2. The second-order valence-corrected chi connectivity index (χ2v) is 6.00.